The number of hydrogen-bond donors (Lipinski definition) is 0. The molecule has 0 bridgehead atoms. The second-order valence-corrected chi connectivity index (χ2v) is 8.20. The molecule has 0 aliphatic heterocycles. The van der Waals surface area contributed by atoms with Crippen LogP contribution in [0.3, 0.4) is 0 Å². The number of aromatic nitrogens is 6. The van der Waals surface area contributed by atoms with Gasteiger partial charge in [-0.25, -0.2) is 4.79 Å². The largest absolute Gasteiger partial charge is 0.465 e. The van der Waals surface area contributed by atoms with Crippen LogP contribution in [-0.2, 0) is 23.1 Å². The monoisotopic (exact) mass is 456 g/mol. The van der Waals surface area contributed by atoms with E-state index in [1.54, 1.807) is 41.0 Å². The Morgan fingerprint density at radius 2 is 1.88 bits per heavy atom. The minimum absolute atomic E-state index is 0.154. The lowest BCUT2D eigenvalue weighted by Gasteiger charge is -2.11. The molecule has 0 aliphatic rings. The maximum atomic E-state index is 13.5. The number of carbonyl (C=O) groups excluding carboxylic acids is 1. The topological polar surface area (TPSA) is 96.8 Å². The van der Waals surface area contributed by atoms with Crippen molar-refractivity contribution in [2.45, 2.75) is 27.3 Å². The van der Waals surface area contributed by atoms with E-state index in [1.807, 2.05) is 45.2 Å². The van der Waals surface area contributed by atoms with Gasteiger partial charge in [0.25, 0.3) is 0 Å². The molecule has 4 heterocycles. The van der Waals surface area contributed by atoms with Crippen LogP contribution in [0.2, 0.25) is 0 Å². The molecular formula is C25H24N6O3. The quantitative estimate of drug-likeness (QED) is 0.377. The number of rotatable bonds is 5. The van der Waals surface area contributed by atoms with Crippen molar-refractivity contribution in [1.29, 1.82) is 0 Å². The van der Waals surface area contributed by atoms with Gasteiger partial charge in [-0.1, -0.05) is 12.1 Å². The van der Waals surface area contributed by atoms with Crippen LogP contribution in [0.5, 0.6) is 0 Å². The molecule has 0 saturated carbocycles. The number of benzene rings is 1. The Balaban J connectivity index is 1.68. The van der Waals surface area contributed by atoms with Gasteiger partial charge in [-0.3, -0.25) is 28.6 Å². The number of esters is 1. The summed E-state index contributed by atoms with van der Waals surface area (Å²) in [5, 5.41) is 5.28. The highest BCUT2D eigenvalue weighted by Gasteiger charge is 2.20. The average Bonchev–Trinajstić information content (AvgIpc) is 3.33. The predicted molar refractivity (Wildman–Crippen MR) is 129 cm³/mol. The van der Waals surface area contributed by atoms with Crippen LogP contribution in [0, 0.1) is 13.8 Å². The predicted octanol–water partition coefficient (Wildman–Crippen LogP) is 3.32. The Morgan fingerprint density at radius 1 is 1.06 bits per heavy atom. The third-order valence-electron chi connectivity index (χ3n) is 6.02. The number of aryl methyl sites for hydroxylation is 3. The summed E-state index contributed by atoms with van der Waals surface area (Å²) in [5.41, 5.74) is 6.07. The Labute approximate surface area is 195 Å². The molecule has 34 heavy (non-hydrogen) atoms. The van der Waals surface area contributed by atoms with Gasteiger partial charge in [0.1, 0.15) is 6.54 Å². The first-order chi connectivity index (χ1) is 16.4. The number of fused-ring (bicyclic) bond motifs is 2. The maximum Gasteiger partial charge on any atom is 0.334 e. The maximum absolute atomic E-state index is 13.5. The lowest BCUT2D eigenvalue weighted by Crippen LogP contribution is -2.27. The fourth-order valence-electron chi connectivity index (χ4n) is 4.38. The van der Waals surface area contributed by atoms with E-state index < -0.39 is 5.97 Å². The van der Waals surface area contributed by atoms with Crippen molar-refractivity contribution in [3.63, 3.8) is 0 Å². The highest BCUT2D eigenvalue weighted by Crippen LogP contribution is 2.29. The van der Waals surface area contributed by atoms with Gasteiger partial charge in [0.05, 0.1) is 53.1 Å². The Hall–Kier alpha value is -4.27. The highest BCUT2D eigenvalue weighted by atomic mass is 16.5. The van der Waals surface area contributed by atoms with Gasteiger partial charge in [0.2, 0.25) is 0 Å². The molecule has 5 aromatic rings. The smallest absolute Gasteiger partial charge is 0.334 e. The number of imidazole rings is 1. The van der Waals surface area contributed by atoms with E-state index in [0.717, 1.165) is 38.8 Å². The summed E-state index contributed by atoms with van der Waals surface area (Å²) >= 11 is 0. The van der Waals surface area contributed by atoms with E-state index in [9.17, 15) is 9.59 Å². The zero-order chi connectivity index (χ0) is 24.0. The van der Waals surface area contributed by atoms with E-state index in [4.69, 9.17) is 4.74 Å². The van der Waals surface area contributed by atoms with E-state index in [0.29, 0.717) is 11.2 Å². The van der Waals surface area contributed by atoms with Crippen molar-refractivity contribution in [1.82, 2.24) is 28.9 Å². The molecule has 4 aromatic heterocycles. The summed E-state index contributed by atoms with van der Waals surface area (Å²) in [7, 11) is 1.87. The minimum Gasteiger partial charge on any atom is -0.465 e. The minimum atomic E-state index is -0.451. The van der Waals surface area contributed by atoms with Crippen molar-refractivity contribution in [3.8, 4) is 16.9 Å². The molecule has 172 valence electrons. The van der Waals surface area contributed by atoms with Crippen LogP contribution in [0.1, 0.15) is 18.1 Å². The molecule has 0 radical (unpaired) electrons. The molecule has 0 spiro atoms. The third-order valence-corrected chi connectivity index (χ3v) is 6.02. The molecule has 0 atom stereocenters. The fourth-order valence-corrected chi connectivity index (χ4v) is 4.38. The molecule has 9 nitrogen and oxygen atoms in total. The number of hydrogen-bond acceptors (Lipinski definition) is 6. The SMILES string of the molecule is CCOC(=O)Cn1c(=O)n(-c2cnc(-c3cncc4c3cnn4C)cc2C)c2c(C)cccc21. The van der Waals surface area contributed by atoms with Gasteiger partial charge >= 0.3 is 11.7 Å². The van der Waals surface area contributed by atoms with E-state index in [1.165, 1.54) is 4.57 Å². The van der Waals surface area contributed by atoms with Crippen LogP contribution < -0.4 is 5.69 Å². The van der Waals surface area contributed by atoms with Crippen molar-refractivity contribution < 1.29 is 9.53 Å². The van der Waals surface area contributed by atoms with Gasteiger partial charge in [-0.05, 0) is 44.0 Å². The zero-order valence-electron chi connectivity index (χ0n) is 19.4. The zero-order valence-corrected chi connectivity index (χ0v) is 19.4. The van der Waals surface area contributed by atoms with Gasteiger partial charge < -0.3 is 4.74 Å². The normalized spacial score (nSPS) is 11.4. The summed E-state index contributed by atoms with van der Waals surface area (Å²) in [6.45, 7) is 5.73. The Bertz CT molecular complexity index is 1630. The number of pyridine rings is 2. The molecule has 0 saturated heterocycles. The van der Waals surface area contributed by atoms with Gasteiger partial charge in [-0.2, -0.15) is 5.10 Å². The van der Waals surface area contributed by atoms with Crippen LogP contribution in [0.4, 0.5) is 0 Å². The second-order valence-electron chi connectivity index (χ2n) is 8.20. The fraction of sp³-hybridized carbons (Fsp3) is 0.240. The molecule has 0 N–H and O–H groups in total. The van der Waals surface area contributed by atoms with E-state index in [2.05, 4.69) is 15.1 Å². The van der Waals surface area contributed by atoms with Crippen molar-refractivity contribution >= 4 is 27.9 Å². The summed E-state index contributed by atoms with van der Waals surface area (Å²) in [4.78, 5) is 34.8. The van der Waals surface area contributed by atoms with Crippen molar-refractivity contribution in [2.24, 2.45) is 7.05 Å². The molecule has 9 heteroatoms. The molecule has 5 rings (SSSR count). The lowest BCUT2D eigenvalue weighted by molar-refractivity contribution is -0.143. The standard InChI is InChI=1S/C25H24N6O3/c1-5-34-23(32)14-30-20-8-6-7-15(2)24(20)31(25(30)33)21-13-27-19(9-16(21)3)17-10-26-12-22-18(17)11-28-29(22)4/h6-13H,5,14H2,1-4H3. The Morgan fingerprint density at radius 3 is 2.65 bits per heavy atom. The van der Waals surface area contributed by atoms with E-state index >= 15 is 0 Å². The molecule has 0 unspecified atom stereocenters. The molecule has 0 amide bonds. The first kappa shape index (κ1) is 21.6. The van der Waals surface area contributed by atoms with Gasteiger partial charge in [0, 0.05) is 24.2 Å². The first-order valence-corrected chi connectivity index (χ1v) is 11.0. The van der Waals surface area contributed by atoms with Crippen LogP contribution >= 0.6 is 0 Å². The average molecular weight is 457 g/mol. The van der Waals surface area contributed by atoms with E-state index in [-0.39, 0.29) is 18.8 Å². The molecular weight excluding hydrogens is 432 g/mol. The Kier molecular flexibility index (Phi) is 5.24. The number of nitrogens with zero attached hydrogens (tertiary/aromatic N) is 6. The van der Waals surface area contributed by atoms with Crippen LogP contribution in [-0.4, -0.2) is 41.5 Å². The van der Waals surface area contributed by atoms with Gasteiger partial charge in [-0.15, -0.1) is 0 Å². The summed E-state index contributed by atoms with van der Waals surface area (Å²) < 4.78 is 9.94. The lowest BCUT2D eigenvalue weighted by atomic mass is 10.1. The second kappa shape index (κ2) is 8.26. The highest BCUT2D eigenvalue weighted by molar-refractivity contribution is 5.93. The van der Waals surface area contributed by atoms with Crippen molar-refractivity contribution in [2.75, 3.05) is 6.61 Å². The first-order valence-electron chi connectivity index (χ1n) is 11.0. The molecule has 0 aliphatic carbocycles. The van der Waals surface area contributed by atoms with Crippen LogP contribution in [0.25, 0.3) is 38.9 Å². The third kappa shape index (κ3) is 3.37. The summed E-state index contributed by atoms with van der Waals surface area (Å²) in [6, 6.07) is 7.60. The summed E-state index contributed by atoms with van der Waals surface area (Å²) in [6.07, 6.45) is 7.04. The van der Waals surface area contributed by atoms with Crippen molar-refractivity contribution in [3.05, 3.63) is 70.7 Å². The molecule has 0 fully saturated rings. The number of carbonyl (C=O) groups is 1. The van der Waals surface area contributed by atoms with Crippen LogP contribution in [0.15, 0.2) is 53.8 Å². The number of para-hydroxylation sites is 1. The molecule has 1 aromatic carbocycles. The van der Waals surface area contributed by atoms with Gasteiger partial charge in [0.15, 0.2) is 0 Å². The summed E-state index contributed by atoms with van der Waals surface area (Å²) in [5.74, 6) is -0.451. The number of ether oxygens (including phenoxy) is 1.